The number of hydrogen-bond acceptors (Lipinski definition) is 3. The Hall–Kier alpha value is -1.60. The van der Waals surface area contributed by atoms with Crippen molar-refractivity contribution >= 4 is 21.7 Å². The first kappa shape index (κ1) is 18.7. The summed E-state index contributed by atoms with van der Waals surface area (Å²) in [4.78, 5) is 14.0. The molecular weight excluding hydrogens is 326 g/mol. The second-order valence-corrected chi connectivity index (χ2v) is 8.72. The van der Waals surface area contributed by atoms with Crippen LogP contribution >= 0.6 is 0 Å². The minimum Gasteiger partial charge on any atom is -0.324 e. The number of nitrogens with zero attached hydrogens (tertiary/aromatic N) is 1. The van der Waals surface area contributed by atoms with Crippen molar-refractivity contribution in [2.45, 2.75) is 51.3 Å². The molecular formula is C17H27N3O3S. The number of likely N-dealkylation sites (tertiary alicyclic amines) is 1. The molecule has 2 rings (SSSR count). The zero-order chi connectivity index (χ0) is 17.7. The number of rotatable bonds is 5. The van der Waals surface area contributed by atoms with E-state index in [4.69, 9.17) is 0 Å². The number of benzene rings is 1. The second kappa shape index (κ2) is 7.98. The SMILES string of the molecule is CCc1ccc(NC(=O)N2CCC(NS(=O)(=O)C(C)C)CC2)cc1. The molecule has 24 heavy (non-hydrogen) atoms. The Kier molecular flexibility index (Phi) is 6.23. The van der Waals surface area contributed by atoms with Crippen LogP contribution in [-0.2, 0) is 16.4 Å². The van der Waals surface area contributed by atoms with Crippen LogP contribution in [0.3, 0.4) is 0 Å². The van der Waals surface area contributed by atoms with Gasteiger partial charge in [0.05, 0.1) is 5.25 Å². The molecule has 0 spiro atoms. The molecule has 1 aliphatic rings. The summed E-state index contributed by atoms with van der Waals surface area (Å²) in [5.74, 6) is 0. The van der Waals surface area contributed by atoms with Gasteiger partial charge in [0.2, 0.25) is 10.0 Å². The monoisotopic (exact) mass is 353 g/mol. The average Bonchev–Trinajstić information content (AvgIpc) is 2.55. The lowest BCUT2D eigenvalue weighted by Gasteiger charge is -2.32. The van der Waals surface area contributed by atoms with Crippen molar-refractivity contribution in [2.24, 2.45) is 0 Å². The number of sulfonamides is 1. The topological polar surface area (TPSA) is 78.5 Å². The molecule has 1 aliphatic heterocycles. The zero-order valence-corrected chi connectivity index (χ0v) is 15.4. The summed E-state index contributed by atoms with van der Waals surface area (Å²) in [5, 5.41) is 2.45. The van der Waals surface area contributed by atoms with Gasteiger partial charge in [-0.1, -0.05) is 19.1 Å². The van der Waals surface area contributed by atoms with E-state index in [-0.39, 0.29) is 12.1 Å². The lowest BCUT2D eigenvalue weighted by molar-refractivity contribution is 0.193. The maximum Gasteiger partial charge on any atom is 0.321 e. The Balaban J connectivity index is 1.84. The van der Waals surface area contributed by atoms with Crippen LogP contribution in [0, 0.1) is 0 Å². The highest BCUT2D eigenvalue weighted by Crippen LogP contribution is 2.15. The highest BCUT2D eigenvalue weighted by atomic mass is 32.2. The lowest BCUT2D eigenvalue weighted by atomic mass is 10.1. The largest absolute Gasteiger partial charge is 0.324 e. The number of anilines is 1. The van der Waals surface area contributed by atoms with Crippen LogP contribution in [0.15, 0.2) is 24.3 Å². The van der Waals surface area contributed by atoms with Crippen LogP contribution in [0.4, 0.5) is 10.5 Å². The summed E-state index contributed by atoms with van der Waals surface area (Å²) in [7, 11) is -3.26. The molecule has 0 aliphatic carbocycles. The minimum absolute atomic E-state index is 0.0923. The van der Waals surface area contributed by atoms with E-state index >= 15 is 0 Å². The molecule has 0 radical (unpaired) electrons. The van der Waals surface area contributed by atoms with Gasteiger partial charge in [0.1, 0.15) is 0 Å². The number of piperidine rings is 1. The smallest absolute Gasteiger partial charge is 0.321 e. The number of carbonyl (C=O) groups is 1. The van der Waals surface area contributed by atoms with E-state index in [2.05, 4.69) is 17.0 Å². The Morgan fingerprint density at radius 3 is 2.29 bits per heavy atom. The second-order valence-electron chi connectivity index (χ2n) is 6.45. The van der Waals surface area contributed by atoms with Gasteiger partial charge < -0.3 is 10.2 Å². The fourth-order valence-electron chi connectivity index (χ4n) is 2.60. The predicted octanol–water partition coefficient (Wildman–Crippen LogP) is 2.57. The van der Waals surface area contributed by atoms with Gasteiger partial charge in [-0.3, -0.25) is 0 Å². The van der Waals surface area contributed by atoms with E-state index < -0.39 is 15.3 Å². The average molecular weight is 353 g/mol. The molecule has 134 valence electrons. The number of aryl methyl sites for hydroxylation is 1. The molecule has 6 nitrogen and oxygen atoms in total. The Bertz CT molecular complexity index is 648. The van der Waals surface area contributed by atoms with Gasteiger partial charge >= 0.3 is 6.03 Å². The number of hydrogen-bond donors (Lipinski definition) is 2. The highest BCUT2D eigenvalue weighted by Gasteiger charge is 2.27. The summed E-state index contributed by atoms with van der Waals surface area (Å²) in [6, 6.07) is 7.58. The van der Waals surface area contributed by atoms with Crippen molar-refractivity contribution < 1.29 is 13.2 Å². The summed E-state index contributed by atoms with van der Waals surface area (Å²) < 4.78 is 26.5. The lowest BCUT2D eigenvalue weighted by Crippen LogP contribution is -2.48. The molecule has 1 saturated heterocycles. The van der Waals surface area contributed by atoms with Crippen molar-refractivity contribution in [1.82, 2.24) is 9.62 Å². The fourth-order valence-corrected chi connectivity index (χ4v) is 3.57. The first-order valence-corrected chi connectivity index (χ1v) is 10.0. The van der Waals surface area contributed by atoms with E-state index in [0.717, 1.165) is 12.1 Å². The maximum absolute atomic E-state index is 12.3. The summed E-state index contributed by atoms with van der Waals surface area (Å²) in [5.41, 5.74) is 2.01. The number of amides is 2. The fraction of sp³-hybridized carbons (Fsp3) is 0.588. The Morgan fingerprint density at radius 1 is 1.21 bits per heavy atom. The maximum atomic E-state index is 12.3. The van der Waals surface area contributed by atoms with Crippen molar-refractivity contribution in [3.63, 3.8) is 0 Å². The number of urea groups is 1. The summed E-state index contributed by atoms with van der Waals surface area (Å²) >= 11 is 0. The first-order chi connectivity index (χ1) is 11.3. The van der Waals surface area contributed by atoms with Crippen LogP contribution in [0.1, 0.15) is 39.2 Å². The molecule has 7 heteroatoms. The van der Waals surface area contributed by atoms with Gasteiger partial charge in [-0.2, -0.15) is 0 Å². The molecule has 2 N–H and O–H groups in total. The standard InChI is InChI=1S/C17H27N3O3S/c1-4-14-5-7-15(8-6-14)18-17(21)20-11-9-16(10-12-20)19-24(22,23)13(2)3/h5-8,13,16,19H,4,9-12H2,1-3H3,(H,18,21). The molecule has 0 bridgehead atoms. The molecule has 0 aromatic heterocycles. The molecule has 1 aromatic rings. The van der Waals surface area contributed by atoms with Crippen molar-refractivity contribution in [3.8, 4) is 0 Å². The normalized spacial score (nSPS) is 16.4. The molecule has 2 amide bonds. The van der Waals surface area contributed by atoms with Gasteiger partial charge in [-0.05, 0) is 50.8 Å². The third kappa shape index (κ3) is 4.95. The van der Waals surface area contributed by atoms with E-state index in [1.807, 2.05) is 24.3 Å². The van der Waals surface area contributed by atoms with Crippen LogP contribution in [0.5, 0.6) is 0 Å². The van der Waals surface area contributed by atoms with Crippen molar-refractivity contribution in [2.75, 3.05) is 18.4 Å². The Labute approximate surface area is 144 Å². The molecule has 0 unspecified atom stereocenters. The predicted molar refractivity (Wildman–Crippen MR) is 96.6 cm³/mol. The third-order valence-corrected chi connectivity index (χ3v) is 6.25. The van der Waals surface area contributed by atoms with Gasteiger partial charge in [0.25, 0.3) is 0 Å². The molecule has 0 saturated carbocycles. The van der Waals surface area contributed by atoms with E-state index in [1.165, 1.54) is 5.56 Å². The minimum atomic E-state index is -3.26. The number of carbonyl (C=O) groups excluding carboxylic acids is 1. The summed E-state index contributed by atoms with van der Waals surface area (Å²) in [6.45, 7) is 6.50. The molecule has 1 fully saturated rings. The van der Waals surface area contributed by atoms with Gasteiger partial charge in [-0.15, -0.1) is 0 Å². The van der Waals surface area contributed by atoms with Crippen LogP contribution in [-0.4, -0.2) is 43.7 Å². The Morgan fingerprint density at radius 2 is 1.79 bits per heavy atom. The van der Waals surface area contributed by atoms with Crippen LogP contribution < -0.4 is 10.0 Å². The highest BCUT2D eigenvalue weighted by molar-refractivity contribution is 7.90. The molecule has 0 atom stereocenters. The first-order valence-electron chi connectivity index (χ1n) is 8.48. The van der Waals surface area contributed by atoms with Gasteiger partial charge in [0, 0.05) is 24.8 Å². The van der Waals surface area contributed by atoms with Crippen molar-refractivity contribution in [3.05, 3.63) is 29.8 Å². The molecule has 1 heterocycles. The third-order valence-electron chi connectivity index (χ3n) is 4.35. The van der Waals surface area contributed by atoms with E-state index in [0.29, 0.717) is 25.9 Å². The molecule has 1 aromatic carbocycles. The van der Waals surface area contributed by atoms with Crippen molar-refractivity contribution in [1.29, 1.82) is 0 Å². The number of nitrogens with one attached hydrogen (secondary N) is 2. The van der Waals surface area contributed by atoms with Gasteiger partial charge in [0.15, 0.2) is 0 Å². The van der Waals surface area contributed by atoms with E-state index in [1.54, 1.807) is 18.7 Å². The van der Waals surface area contributed by atoms with Crippen LogP contribution in [0.25, 0.3) is 0 Å². The van der Waals surface area contributed by atoms with Crippen LogP contribution in [0.2, 0.25) is 0 Å². The quantitative estimate of drug-likeness (QED) is 0.854. The zero-order valence-electron chi connectivity index (χ0n) is 14.6. The van der Waals surface area contributed by atoms with Gasteiger partial charge in [-0.25, -0.2) is 17.9 Å². The summed E-state index contributed by atoms with van der Waals surface area (Å²) in [6.07, 6.45) is 2.23. The van der Waals surface area contributed by atoms with E-state index in [9.17, 15) is 13.2 Å².